The molecule has 1 aliphatic carbocycles. The van der Waals surface area contributed by atoms with Crippen molar-refractivity contribution in [1.29, 1.82) is 0 Å². The highest BCUT2D eigenvalue weighted by Crippen LogP contribution is 2.33. The Hall–Kier alpha value is -0.340. The van der Waals surface area contributed by atoms with Gasteiger partial charge < -0.3 is 4.74 Å². The molecule has 0 aromatic heterocycles. The van der Waals surface area contributed by atoms with Crippen molar-refractivity contribution in [3.05, 3.63) is 0 Å². The Bertz CT molecular complexity index is 415. The Morgan fingerprint density at radius 3 is 2.74 bits per heavy atom. The van der Waals surface area contributed by atoms with Crippen molar-refractivity contribution in [3.63, 3.8) is 0 Å². The second kappa shape index (κ2) is 6.90. The molecule has 0 bridgehead atoms. The molecule has 0 radical (unpaired) electrons. The molecule has 0 spiro atoms. The smallest absolute Gasteiger partial charge is 0.421 e. The zero-order valence-corrected chi connectivity index (χ0v) is 13.6. The van der Waals surface area contributed by atoms with Crippen LogP contribution in [0.3, 0.4) is 0 Å². The molecule has 1 saturated carbocycles. The monoisotopic (exact) mass is 356 g/mol. The van der Waals surface area contributed by atoms with Gasteiger partial charge in [-0.2, -0.15) is 13.1 Å². The van der Waals surface area contributed by atoms with E-state index in [9.17, 15) is 13.2 Å². The second-order valence-corrected chi connectivity index (χ2v) is 7.02. The number of amides is 1. The maximum atomic E-state index is 11.9. The molecule has 1 aliphatic rings. The molecule has 0 aromatic rings. The van der Waals surface area contributed by atoms with Gasteiger partial charge in [0.05, 0.1) is 6.61 Å². The van der Waals surface area contributed by atoms with Gasteiger partial charge >= 0.3 is 16.3 Å². The average molecular weight is 357 g/mol. The Labute approximate surface area is 123 Å². The fourth-order valence-corrected chi connectivity index (χ4v) is 4.47. The molecular weight excluding hydrogens is 336 g/mol. The summed E-state index contributed by atoms with van der Waals surface area (Å²) >= 11 is 3.37. The molecule has 0 aliphatic heterocycles. The lowest BCUT2D eigenvalue weighted by Gasteiger charge is -2.38. The molecule has 2 N–H and O–H groups in total. The van der Waals surface area contributed by atoms with Crippen LogP contribution in [0.1, 0.15) is 39.5 Å². The van der Waals surface area contributed by atoms with E-state index < -0.39 is 21.8 Å². The van der Waals surface area contributed by atoms with E-state index in [-0.39, 0.29) is 6.61 Å². The van der Waals surface area contributed by atoms with Crippen LogP contribution in [-0.4, -0.2) is 32.0 Å². The lowest BCUT2D eigenvalue weighted by Crippen LogP contribution is -2.56. The maximum Gasteiger partial charge on any atom is 0.421 e. The first-order chi connectivity index (χ1) is 8.82. The molecule has 1 rings (SSSR count). The van der Waals surface area contributed by atoms with E-state index in [4.69, 9.17) is 0 Å². The molecule has 2 unspecified atom stereocenters. The van der Waals surface area contributed by atoms with Crippen LogP contribution in [0, 0.1) is 5.92 Å². The average Bonchev–Trinajstić information content (AvgIpc) is 2.27. The third kappa shape index (κ3) is 5.27. The fourth-order valence-electron chi connectivity index (χ4n) is 2.48. The molecule has 0 aromatic carbocycles. The molecule has 2 atom stereocenters. The standard InChI is InChI=1S/C11H21BrN2O4S/c1-3-18-10(15)13-19(16,17)14-11(8-12)6-4-5-9(2)7-11/h9,14H,3-8H2,1-2H3,(H,13,15). The van der Waals surface area contributed by atoms with E-state index in [0.717, 1.165) is 25.7 Å². The lowest BCUT2D eigenvalue weighted by molar-refractivity contribution is 0.158. The van der Waals surface area contributed by atoms with Crippen molar-refractivity contribution >= 4 is 32.2 Å². The minimum atomic E-state index is -3.90. The van der Waals surface area contributed by atoms with E-state index in [0.29, 0.717) is 11.2 Å². The van der Waals surface area contributed by atoms with Gasteiger partial charge in [-0.15, -0.1) is 0 Å². The van der Waals surface area contributed by atoms with E-state index in [1.165, 1.54) is 0 Å². The Morgan fingerprint density at radius 2 is 2.21 bits per heavy atom. The van der Waals surface area contributed by atoms with Crippen molar-refractivity contribution in [2.45, 2.75) is 45.1 Å². The van der Waals surface area contributed by atoms with Crippen LogP contribution in [0.5, 0.6) is 0 Å². The Balaban J connectivity index is 2.71. The molecule has 1 fully saturated rings. The summed E-state index contributed by atoms with van der Waals surface area (Å²) < 4.78 is 32.8. The molecule has 0 heterocycles. The van der Waals surface area contributed by atoms with Crippen LogP contribution in [0.2, 0.25) is 0 Å². The number of ether oxygens (including phenoxy) is 1. The lowest BCUT2D eigenvalue weighted by atomic mass is 9.78. The summed E-state index contributed by atoms with van der Waals surface area (Å²) in [7, 11) is -3.90. The number of carbonyl (C=O) groups excluding carboxylic acids is 1. The zero-order valence-electron chi connectivity index (χ0n) is 11.2. The van der Waals surface area contributed by atoms with Crippen molar-refractivity contribution < 1.29 is 17.9 Å². The van der Waals surface area contributed by atoms with E-state index in [1.54, 1.807) is 6.92 Å². The number of nitrogens with one attached hydrogen (secondary N) is 2. The van der Waals surface area contributed by atoms with Crippen molar-refractivity contribution in [2.75, 3.05) is 11.9 Å². The van der Waals surface area contributed by atoms with Crippen molar-refractivity contribution in [2.24, 2.45) is 5.92 Å². The first-order valence-electron chi connectivity index (χ1n) is 6.37. The first kappa shape index (κ1) is 16.7. The number of carbonyl (C=O) groups is 1. The normalized spacial score (nSPS) is 27.8. The van der Waals surface area contributed by atoms with Gasteiger partial charge in [-0.3, -0.25) is 0 Å². The van der Waals surface area contributed by atoms with Gasteiger partial charge in [0.2, 0.25) is 0 Å². The molecule has 8 heteroatoms. The summed E-state index contributed by atoms with van der Waals surface area (Å²) in [6, 6.07) is 0. The number of halogens is 1. The zero-order chi connectivity index (χ0) is 14.5. The van der Waals surface area contributed by atoms with Gasteiger partial charge in [0, 0.05) is 10.9 Å². The predicted molar refractivity (Wildman–Crippen MR) is 76.4 cm³/mol. The summed E-state index contributed by atoms with van der Waals surface area (Å²) in [5.74, 6) is 0.455. The minimum absolute atomic E-state index is 0.127. The van der Waals surface area contributed by atoms with Gasteiger partial charge in [0.25, 0.3) is 0 Å². The Morgan fingerprint density at radius 1 is 1.53 bits per heavy atom. The van der Waals surface area contributed by atoms with Crippen LogP contribution >= 0.6 is 15.9 Å². The largest absolute Gasteiger partial charge is 0.449 e. The van der Waals surface area contributed by atoms with E-state index in [2.05, 4.69) is 32.3 Å². The highest BCUT2D eigenvalue weighted by molar-refractivity contribution is 9.09. The summed E-state index contributed by atoms with van der Waals surface area (Å²) in [5, 5.41) is 0.522. The quantitative estimate of drug-likeness (QED) is 0.736. The highest BCUT2D eigenvalue weighted by Gasteiger charge is 2.38. The third-order valence-electron chi connectivity index (χ3n) is 3.19. The number of alkyl halides is 1. The minimum Gasteiger partial charge on any atom is -0.449 e. The molecule has 19 heavy (non-hydrogen) atoms. The van der Waals surface area contributed by atoms with Crippen LogP contribution < -0.4 is 9.44 Å². The fraction of sp³-hybridized carbons (Fsp3) is 0.909. The Kier molecular flexibility index (Phi) is 6.07. The van der Waals surface area contributed by atoms with Gasteiger partial charge in [-0.25, -0.2) is 9.52 Å². The molecular formula is C11H21BrN2O4S. The van der Waals surface area contributed by atoms with Gasteiger partial charge in [0.15, 0.2) is 0 Å². The van der Waals surface area contributed by atoms with Crippen LogP contribution in [-0.2, 0) is 14.9 Å². The molecule has 6 nitrogen and oxygen atoms in total. The van der Waals surface area contributed by atoms with Gasteiger partial charge in [-0.05, 0) is 25.7 Å². The summed E-state index contributed by atoms with van der Waals surface area (Å²) in [6.45, 7) is 3.84. The van der Waals surface area contributed by atoms with Gasteiger partial charge in [0.1, 0.15) is 0 Å². The molecule has 1 amide bonds. The number of hydrogen-bond acceptors (Lipinski definition) is 4. The summed E-state index contributed by atoms with van der Waals surface area (Å²) in [5.41, 5.74) is -0.532. The summed E-state index contributed by atoms with van der Waals surface area (Å²) in [6.07, 6.45) is 2.62. The third-order valence-corrected chi connectivity index (χ3v) is 5.40. The molecule has 0 saturated heterocycles. The predicted octanol–water partition coefficient (Wildman–Crippen LogP) is 1.91. The van der Waals surface area contributed by atoms with Crippen LogP contribution in [0.4, 0.5) is 4.79 Å². The second-order valence-electron chi connectivity index (χ2n) is 5.04. The van der Waals surface area contributed by atoms with Crippen molar-refractivity contribution in [3.8, 4) is 0 Å². The SMILES string of the molecule is CCOC(=O)NS(=O)(=O)NC1(CBr)CCCC(C)C1. The topological polar surface area (TPSA) is 84.5 Å². The van der Waals surface area contributed by atoms with Gasteiger partial charge in [-0.1, -0.05) is 35.7 Å². The van der Waals surface area contributed by atoms with Crippen LogP contribution in [0.25, 0.3) is 0 Å². The number of rotatable bonds is 5. The molecule has 112 valence electrons. The maximum absolute atomic E-state index is 11.9. The van der Waals surface area contributed by atoms with Crippen LogP contribution in [0.15, 0.2) is 0 Å². The number of hydrogen-bond donors (Lipinski definition) is 2. The first-order valence-corrected chi connectivity index (χ1v) is 8.97. The highest BCUT2D eigenvalue weighted by atomic mass is 79.9. The van der Waals surface area contributed by atoms with Crippen molar-refractivity contribution in [1.82, 2.24) is 9.44 Å². The summed E-state index contributed by atoms with van der Waals surface area (Å²) in [4.78, 5) is 11.2. The van der Waals surface area contributed by atoms with E-state index >= 15 is 0 Å². The van der Waals surface area contributed by atoms with E-state index in [1.807, 2.05) is 4.72 Å².